The zero-order valence-corrected chi connectivity index (χ0v) is 13.8. The molecule has 2 aliphatic rings. The Balaban J connectivity index is 1.61. The Morgan fingerprint density at radius 2 is 2.14 bits per heavy atom. The van der Waals surface area contributed by atoms with E-state index in [1.54, 1.807) is 6.20 Å². The second kappa shape index (κ2) is 5.21. The predicted molar refractivity (Wildman–Crippen MR) is 87.9 cm³/mol. The second-order valence-corrected chi connectivity index (χ2v) is 6.93. The van der Waals surface area contributed by atoms with Crippen LogP contribution in [0.25, 0.3) is 11.2 Å². The summed E-state index contributed by atoms with van der Waals surface area (Å²) in [5.41, 5.74) is 1.42. The van der Waals surface area contributed by atoms with E-state index in [2.05, 4.69) is 53.0 Å². The van der Waals surface area contributed by atoms with Crippen LogP contribution in [0, 0.1) is 3.70 Å². The van der Waals surface area contributed by atoms with Crippen molar-refractivity contribution in [1.82, 2.24) is 25.5 Å². The van der Waals surface area contributed by atoms with Gasteiger partial charge in [0, 0.05) is 18.1 Å². The molecule has 1 unspecified atom stereocenters. The number of fused-ring (bicyclic) bond motifs is 3. The molecule has 2 aromatic rings. The van der Waals surface area contributed by atoms with Crippen molar-refractivity contribution in [3.63, 3.8) is 0 Å². The lowest BCUT2D eigenvalue weighted by Gasteiger charge is -2.39. The van der Waals surface area contributed by atoms with E-state index in [0.717, 1.165) is 40.7 Å². The SMILES string of the molecule is O=C(O)NC1C[C@H]2CC[C@@H](C1)N2c1cnc2c(I)[nH]nc2n1. The Hall–Kier alpha value is -1.65. The molecule has 3 N–H and O–H groups in total. The maximum Gasteiger partial charge on any atom is 0.404 e. The number of rotatable bonds is 2. The molecule has 0 aromatic carbocycles. The number of halogens is 1. The van der Waals surface area contributed by atoms with Gasteiger partial charge in [0.25, 0.3) is 0 Å². The molecule has 4 rings (SSSR count). The minimum Gasteiger partial charge on any atom is -0.465 e. The quantitative estimate of drug-likeness (QED) is 0.647. The Labute approximate surface area is 139 Å². The van der Waals surface area contributed by atoms with Crippen LogP contribution in [0.2, 0.25) is 0 Å². The molecular weight excluding hydrogens is 399 g/mol. The van der Waals surface area contributed by atoms with Gasteiger partial charge in [0.2, 0.25) is 5.65 Å². The molecule has 2 saturated heterocycles. The smallest absolute Gasteiger partial charge is 0.404 e. The average molecular weight is 414 g/mol. The number of hydrogen-bond acceptors (Lipinski definition) is 5. The third-order valence-corrected chi connectivity index (χ3v) is 5.29. The Morgan fingerprint density at radius 3 is 2.82 bits per heavy atom. The van der Waals surface area contributed by atoms with E-state index in [1.807, 2.05) is 0 Å². The van der Waals surface area contributed by atoms with Crippen LogP contribution >= 0.6 is 22.6 Å². The largest absolute Gasteiger partial charge is 0.465 e. The summed E-state index contributed by atoms with van der Waals surface area (Å²) in [6, 6.07) is 0.676. The molecule has 0 radical (unpaired) electrons. The van der Waals surface area contributed by atoms with Gasteiger partial charge in [-0.1, -0.05) is 0 Å². The normalized spacial score (nSPS) is 27.3. The molecule has 2 aliphatic heterocycles. The molecule has 0 saturated carbocycles. The van der Waals surface area contributed by atoms with E-state index in [1.165, 1.54) is 0 Å². The third kappa shape index (κ3) is 2.27. The number of nitrogens with zero attached hydrogens (tertiary/aromatic N) is 4. The van der Waals surface area contributed by atoms with Gasteiger partial charge in [-0.05, 0) is 48.3 Å². The number of H-pyrrole nitrogens is 1. The summed E-state index contributed by atoms with van der Waals surface area (Å²) in [7, 11) is 0. The molecule has 2 aromatic heterocycles. The Bertz CT molecular complexity index is 720. The van der Waals surface area contributed by atoms with Crippen LogP contribution in [0.3, 0.4) is 0 Å². The number of anilines is 1. The molecule has 8 nitrogen and oxygen atoms in total. The van der Waals surface area contributed by atoms with E-state index in [0.29, 0.717) is 17.7 Å². The highest BCUT2D eigenvalue weighted by Crippen LogP contribution is 2.38. The van der Waals surface area contributed by atoms with E-state index < -0.39 is 6.09 Å². The van der Waals surface area contributed by atoms with E-state index in [4.69, 9.17) is 5.11 Å². The van der Waals surface area contributed by atoms with Gasteiger partial charge < -0.3 is 15.3 Å². The fraction of sp³-hybridized carbons (Fsp3) is 0.538. The van der Waals surface area contributed by atoms with Crippen LogP contribution in [0.1, 0.15) is 25.7 Å². The van der Waals surface area contributed by atoms with Crippen LogP contribution in [0.4, 0.5) is 10.6 Å². The lowest BCUT2D eigenvalue weighted by molar-refractivity contribution is 0.185. The molecular formula is C13H15IN6O2. The number of carbonyl (C=O) groups is 1. The number of amides is 1. The molecule has 9 heteroatoms. The lowest BCUT2D eigenvalue weighted by Crippen LogP contribution is -2.50. The topological polar surface area (TPSA) is 107 Å². The summed E-state index contributed by atoms with van der Waals surface area (Å²) >= 11 is 2.16. The van der Waals surface area contributed by atoms with Gasteiger partial charge in [0.15, 0.2) is 0 Å². The van der Waals surface area contributed by atoms with Crippen LogP contribution in [0.5, 0.6) is 0 Å². The van der Waals surface area contributed by atoms with Gasteiger partial charge in [-0.3, -0.25) is 5.10 Å². The average Bonchev–Trinajstić information content (AvgIpc) is 2.97. The maximum absolute atomic E-state index is 10.8. The summed E-state index contributed by atoms with van der Waals surface area (Å²) in [4.78, 5) is 22.2. The number of aromatic nitrogens is 4. The molecule has 1 amide bonds. The molecule has 3 atom stereocenters. The van der Waals surface area contributed by atoms with Crippen molar-refractivity contribution in [1.29, 1.82) is 0 Å². The fourth-order valence-corrected chi connectivity index (χ4v) is 4.23. The number of carboxylic acid groups (broad SMARTS) is 1. The van der Waals surface area contributed by atoms with Gasteiger partial charge >= 0.3 is 6.09 Å². The first-order valence-corrected chi connectivity index (χ1v) is 8.34. The Morgan fingerprint density at radius 1 is 1.41 bits per heavy atom. The van der Waals surface area contributed by atoms with E-state index >= 15 is 0 Å². The molecule has 22 heavy (non-hydrogen) atoms. The van der Waals surface area contributed by atoms with Gasteiger partial charge in [-0.25, -0.2) is 14.8 Å². The molecule has 116 valence electrons. The predicted octanol–water partition coefficient (Wildman–Crippen LogP) is 1.72. The highest BCUT2D eigenvalue weighted by atomic mass is 127. The highest BCUT2D eigenvalue weighted by molar-refractivity contribution is 14.1. The summed E-state index contributed by atoms with van der Waals surface area (Å²) in [5.74, 6) is 0.844. The standard InChI is InChI=1S/C13H15IN6O2/c14-11-10-12(19-18-11)17-9(5-15-10)20-7-1-2-8(20)4-6(3-7)16-13(21)22/h5-8,16H,1-4H2,(H,21,22)(H,17,18,19)/t6?,7-,8+. The van der Waals surface area contributed by atoms with Gasteiger partial charge in [0.1, 0.15) is 15.0 Å². The number of nitrogens with one attached hydrogen (secondary N) is 2. The first kappa shape index (κ1) is 14.0. The monoisotopic (exact) mass is 414 g/mol. The van der Waals surface area contributed by atoms with Crippen molar-refractivity contribution in [3.05, 3.63) is 9.90 Å². The summed E-state index contributed by atoms with van der Waals surface area (Å²) in [5, 5.41) is 18.6. The van der Waals surface area contributed by atoms with Gasteiger partial charge in [-0.2, -0.15) is 5.10 Å². The zero-order chi connectivity index (χ0) is 15.3. The summed E-state index contributed by atoms with van der Waals surface area (Å²) in [6.45, 7) is 0. The number of piperidine rings is 1. The van der Waals surface area contributed by atoms with Crippen LogP contribution in [-0.4, -0.2) is 49.5 Å². The van der Waals surface area contributed by atoms with Crippen molar-refractivity contribution < 1.29 is 9.90 Å². The lowest BCUT2D eigenvalue weighted by atomic mass is 9.97. The van der Waals surface area contributed by atoms with E-state index in [9.17, 15) is 4.79 Å². The zero-order valence-electron chi connectivity index (χ0n) is 11.7. The summed E-state index contributed by atoms with van der Waals surface area (Å²) < 4.78 is 0.888. The number of aromatic amines is 1. The third-order valence-electron chi connectivity index (χ3n) is 4.53. The number of hydrogen-bond donors (Lipinski definition) is 3. The highest BCUT2D eigenvalue weighted by Gasteiger charge is 2.42. The molecule has 2 bridgehead atoms. The molecule has 2 fully saturated rings. The minimum absolute atomic E-state index is 0.0364. The fourth-order valence-electron chi connectivity index (χ4n) is 3.73. The Kier molecular flexibility index (Phi) is 3.31. The minimum atomic E-state index is -0.940. The molecule has 0 spiro atoms. The van der Waals surface area contributed by atoms with Crippen LogP contribution in [-0.2, 0) is 0 Å². The first-order chi connectivity index (χ1) is 10.6. The van der Waals surface area contributed by atoms with Crippen molar-refractivity contribution in [3.8, 4) is 0 Å². The van der Waals surface area contributed by atoms with Crippen molar-refractivity contribution in [2.24, 2.45) is 0 Å². The first-order valence-electron chi connectivity index (χ1n) is 7.26. The molecule has 0 aliphatic carbocycles. The maximum atomic E-state index is 10.8. The van der Waals surface area contributed by atoms with Crippen LogP contribution < -0.4 is 10.2 Å². The van der Waals surface area contributed by atoms with Crippen molar-refractivity contribution >= 4 is 45.7 Å². The van der Waals surface area contributed by atoms with Crippen molar-refractivity contribution in [2.75, 3.05) is 4.90 Å². The van der Waals surface area contributed by atoms with Gasteiger partial charge in [-0.15, -0.1) is 0 Å². The molecule has 4 heterocycles. The van der Waals surface area contributed by atoms with Crippen molar-refractivity contribution in [2.45, 2.75) is 43.8 Å². The second-order valence-electron chi connectivity index (χ2n) is 5.85. The van der Waals surface area contributed by atoms with Crippen LogP contribution in [0.15, 0.2) is 6.20 Å². The summed E-state index contributed by atoms with van der Waals surface area (Å²) in [6.07, 6.45) is 4.64. The van der Waals surface area contributed by atoms with Gasteiger partial charge in [0.05, 0.1) is 6.20 Å². The van der Waals surface area contributed by atoms with E-state index in [-0.39, 0.29) is 6.04 Å².